The van der Waals surface area contributed by atoms with Gasteiger partial charge in [-0.1, -0.05) is 32.9 Å². The fourth-order valence-corrected chi connectivity index (χ4v) is 4.29. The second kappa shape index (κ2) is 10.9. The third kappa shape index (κ3) is 6.96. The van der Waals surface area contributed by atoms with Crippen LogP contribution in [0.2, 0.25) is 0 Å². The minimum absolute atomic E-state index is 0.0331. The van der Waals surface area contributed by atoms with Crippen molar-refractivity contribution < 1.29 is 23.9 Å². The molecule has 0 saturated carbocycles. The Morgan fingerprint density at radius 2 is 1.61 bits per heavy atom. The number of carbonyl (C=O) groups excluding carboxylic acids is 4. The van der Waals surface area contributed by atoms with E-state index in [2.05, 4.69) is 16.0 Å². The fraction of sp³-hybridized carbons (Fsp3) is 0.615. The van der Waals surface area contributed by atoms with Gasteiger partial charge in [-0.3, -0.25) is 19.3 Å². The number of rotatable bonds is 4. The van der Waals surface area contributed by atoms with E-state index in [0.29, 0.717) is 11.4 Å². The van der Waals surface area contributed by atoms with Crippen molar-refractivity contribution in [3.8, 4) is 0 Å². The lowest BCUT2D eigenvalue weighted by molar-refractivity contribution is -0.126. The molecule has 0 aromatic heterocycles. The molecule has 1 fully saturated rings. The first-order chi connectivity index (χ1) is 16.8. The van der Waals surface area contributed by atoms with Gasteiger partial charge in [-0.2, -0.15) is 0 Å². The second-order valence-corrected chi connectivity index (χ2v) is 11.4. The van der Waals surface area contributed by atoms with Gasteiger partial charge in [0.05, 0.1) is 17.9 Å². The SMILES string of the molecule is CC(C)(C)OC(=O)NC1CN(C(=O)C(C)(C)C)c2ccccc2N(CC(=O)NC2CCNCC2)C1=O. The zero-order valence-corrected chi connectivity index (χ0v) is 22.1. The van der Waals surface area contributed by atoms with Gasteiger partial charge >= 0.3 is 6.09 Å². The van der Waals surface area contributed by atoms with Crippen LogP contribution in [0, 0.1) is 5.41 Å². The zero-order chi connectivity index (χ0) is 26.7. The second-order valence-electron chi connectivity index (χ2n) is 11.4. The topological polar surface area (TPSA) is 120 Å². The summed E-state index contributed by atoms with van der Waals surface area (Å²) in [5.74, 6) is -0.991. The van der Waals surface area contributed by atoms with Crippen LogP contribution in [-0.2, 0) is 19.1 Å². The molecule has 1 unspecified atom stereocenters. The van der Waals surface area contributed by atoms with E-state index in [1.54, 1.807) is 65.8 Å². The van der Waals surface area contributed by atoms with E-state index in [0.717, 1.165) is 25.9 Å². The summed E-state index contributed by atoms with van der Waals surface area (Å²) < 4.78 is 5.38. The fourth-order valence-electron chi connectivity index (χ4n) is 4.29. The number of piperidine rings is 1. The van der Waals surface area contributed by atoms with Crippen LogP contribution in [0.15, 0.2) is 24.3 Å². The zero-order valence-electron chi connectivity index (χ0n) is 22.1. The van der Waals surface area contributed by atoms with Gasteiger partial charge in [0, 0.05) is 11.5 Å². The maximum atomic E-state index is 13.8. The maximum absolute atomic E-state index is 13.8. The number of nitrogens with zero attached hydrogens (tertiary/aromatic N) is 2. The number of anilines is 2. The highest BCUT2D eigenvalue weighted by Gasteiger charge is 2.40. The number of nitrogens with one attached hydrogen (secondary N) is 3. The molecule has 1 aromatic carbocycles. The summed E-state index contributed by atoms with van der Waals surface area (Å²) in [4.78, 5) is 55.8. The Morgan fingerprint density at radius 3 is 2.19 bits per heavy atom. The van der Waals surface area contributed by atoms with Crippen LogP contribution in [0.1, 0.15) is 54.4 Å². The van der Waals surface area contributed by atoms with Gasteiger partial charge < -0.3 is 25.6 Å². The normalized spacial score (nSPS) is 19.3. The Hall–Kier alpha value is -3.14. The highest BCUT2D eigenvalue weighted by Crippen LogP contribution is 2.35. The molecule has 1 saturated heterocycles. The highest BCUT2D eigenvalue weighted by molar-refractivity contribution is 6.10. The van der Waals surface area contributed by atoms with Crippen molar-refractivity contribution in [2.75, 3.05) is 36.0 Å². The molecule has 36 heavy (non-hydrogen) atoms. The largest absolute Gasteiger partial charge is 0.444 e. The maximum Gasteiger partial charge on any atom is 0.408 e. The molecule has 0 spiro atoms. The van der Waals surface area contributed by atoms with E-state index in [-0.39, 0.29) is 30.9 Å². The molecule has 10 nitrogen and oxygen atoms in total. The van der Waals surface area contributed by atoms with Crippen molar-refractivity contribution in [1.29, 1.82) is 0 Å². The number of para-hydroxylation sites is 2. The van der Waals surface area contributed by atoms with Gasteiger partial charge in [-0.25, -0.2) is 4.79 Å². The van der Waals surface area contributed by atoms with Crippen molar-refractivity contribution in [2.45, 2.75) is 72.1 Å². The van der Waals surface area contributed by atoms with Gasteiger partial charge in [0.2, 0.25) is 11.8 Å². The summed E-state index contributed by atoms with van der Waals surface area (Å²) in [7, 11) is 0. The molecular weight excluding hydrogens is 462 g/mol. The molecule has 3 rings (SSSR count). The Kier molecular flexibility index (Phi) is 8.28. The lowest BCUT2D eigenvalue weighted by Gasteiger charge is -2.31. The minimum atomic E-state index is -1.11. The summed E-state index contributed by atoms with van der Waals surface area (Å²) in [6, 6.07) is 5.92. The van der Waals surface area contributed by atoms with Crippen LogP contribution in [0.5, 0.6) is 0 Å². The first-order valence-electron chi connectivity index (χ1n) is 12.5. The van der Waals surface area contributed by atoms with E-state index < -0.39 is 29.1 Å². The molecule has 0 radical (unpaired) electrons. The first kappa shape index (κ1) is 27.4. The number of ether oxygens (including phenoxy) is 1. The van der Waals surface area contributed by atoms with Crippen molar-refractivity contribution in [2.24, 2.45) is 5.41 Å². The molecule has 1 aromatic rings. The molecule has 1 atom stereocenters. The lowest BCUT2D eigenvalue weighted by Crippen LogP contribution is -2.56. The van der Waals surface area contributed by atoms with E-state index >= 15 is 0 Å². The molecule has 0 aliphatic carbocycles. The quantitative estimate of drug-likeness (QED) is 0.582. The van der Waals surface area contributed by atoms with Crippen LogP contribution < -0.4 is 25.8 Å². The Balaban J connectivity index is 1.95. The molecule has 10 heteroatoms. The molecule has 198 valence electrons. The summed E-state index contributed by atoms with van der Waals surface area (Å²) in [6.07, 6.45) is 0.856. The van der Waals surface area contributed by atoms with E-state index in [1.807, 2.05) is 0 Å². The number of amides is 4. The van der Waals surface area contributed by atoms with Gasteiger partial charge in [-0.15, -0.1) is 0 Å². The summed E-state index contributed by atoms with van der Waals surface area (Å²) in [6.45, 7) is 11.9. The highest BCUT2D eigenvalue weighted by atomic mass is 16.6. The van der Waals surface area contributed by atoms with E-state index in [1.165, 1.54) is 9.80 Å². The van der Waals surface area contributed by atoms with E-state index in [9.17, 15) is 19.2 Å². The number of fused-ring (bicyclic) bond motifs is 1. The summed E-state index contributed by atoms with van der Waals surface area (Å²) in [5.41, 5.74) is -0.562. The minimum Gasteiger partial charge on any atom is -0.444 e. The standard InChI is InChI=1S/C26H39N5O5/c1-25(2,3)23(34)31-15-18(29-24(35)36-26(4,5)6)22(33)30(19-9-7-8-10-20(19)31)16-21(32)28-17-11-13-27-14-12-17/h7-10,17-18,27H,11-16H2,1-6H3,(H,28,32)(H,29,35). The van der Waals surface area contributed by atoms with Crippen LogP contribution in [-0.4, -0.2) is 67.7 Å². The lowest BCUT2D eigenvalue weighted by atomic mass is 9.94. The predicted molar refractivity (Wildman–Crippen MR) is 138 cm³/mol. The van der Waals surface area contributed by atoms with Crippen molar-refractivity contribution in [3.05, 3.63) is 24.3 Å². The number of alkyl carbamates (subject to hydrolysis) is 1. The van der Waals surface area contributed by atoms with Crippen LogP contribution in [0.3, 0.4) is 0 Å². The third-order valence-corrected chi connectivity index (χ3v) is 5.98. The van der Waals surface area contributed by atoms with Crippen molar-refractivity contribution in [1.82, 2.24) is 16.0 Å². The molecule has 2 aliphatic heterocycles. The van der Waals surface area contributed by atoms with Gasteiger partial charge in [-0.05, 0) is 58.8 Å². The average molecular weight is 502 g/mol. The monoisotopic (exact) mass is 501 g/mol. The van der Waals surface area contributed by atoms with Crippen LogP contribution in [0.4, 0.5) is 16.2 Å². The van der Waals surface area contributed by atoms with Crippen LogP contribution >= 0.6 is 0 Å². The molecule has 0 bridgehead atoms. The summed E-state index contributed by atoms with van der Waals surface area (Å²) >= 11 is 0. The number of carbonyl (C=O) groups is 4. The van der Waals surface area contributed by atoms with Crippen LogP contribution in [0.25, 0.3) is 0 Å². The number of hydrogen-bond donors (Lipinski definition) is 3. The van der Waals surface area contributed by atoms with Crippen molar-refractivity contribution in [3.63, 3.8) is 0 Å². The van der Waals surface area contributed by atoms with E-state index in [4.69, 9.17) is 4.74 Å². The first-order valence-corrected chi connectivity index (χ1v) is 12.5. The molecule has 3 N–H and O–H groups in total. The van der Waals surface area contributed by atoms with Gasteiger partial charge in [0.1, 0.15) is 18.2 Å². The Labute approximate surface area is 213 Å². The Morgan fingerprint density at radius 1 is 1.00 bits per heavy atom. The van der Waals surface area contributed by atoms with Gasteiger partial charge in [0.25, 0.3) is 5.91 Å². The number of benzene rings is 1. The molecule has 4 amide bonds. The summed E-state index contributed by atoms with van der Waals surface area (Å²) in [5, 5.41) is 8.91. The Bertz CT molecular complexity index is 991. The van der Waals surface area contributed by atoms with Gasteiger partial charge in [0.15, 0.2) is 0 Å². The smallest absolute Gasteiger partial charge is 0.408 e. The molecular formula is C26H39N5O5. The third-order valence-electron chi connectivity index (χ3n) is 5.98. The predicted octanol–water partition coefficient (Wildman–Crippen LogP) is 2.17. The van der Waals surface area contributed by atoms with Crippen molar-refractivity contribution >= 4 is 35.2 Å². The average Bonchev–Trinajstić information content (AvgIpc) is 2.88. The number of hydrogen-bond acceptors (Lipinski definition) is 6. The molecule has 2 heterocycles. The molecule has 2 aliphatic rings.